The zero-order valence-corrected chi connectivity index (χ0v) is 8.88. The van der Waals surface area contributed by atoms with Crippen molar-refractivity contribution >= 4 is 0 Å². The van der Waals surface area contributed by atoms with Gasteiger partial charge < -0.3 is 21.3 Å². The molecule has 0 saturated heterocycles. The molecular formula is C8H24N4. The summed E-state index contributed by atoms with van der Waals surface area (Å²) in [4.78, 5) is 4.11. The van der Waals surface area contributed by atoms with Gasteiger partial charge in [0.25, 0.3) is 0 Å². The number of hydrogen-bond acceptors (Lipinski definition) is 4. The molecule has 4 nitrogen and oxygen atoms in total. The van der Waals surface area contributed by atoms with Crippen molar-refractivity contribution in [3.8, 4) is 0 Å². The maximum atomic E-state index is 5.19. The van der Waals surface area contributed by atoms with E-state index < -0.39 is 0 Å². The summed E-state index contributed by atoms with van der Waals surface area (Å²) < 4.78 is 0. The molecule has 0 radical (unpaired) electrons. The highest BCUT2D eigenvalue weighted by atomic mass is 15.1. The normalized spacial score (nSPS) is 10.0. The Kier molecular flexibility index (Phi) is 13.0. The van der Waals surface area contributed by atoms with Gasteiger partial charge in [-0.2, -0.15) is 0 Å². The topological polar surface area (TPSA) is 58.5 Å². The first kappa shape index (κ1) is 14.4. The molecule has 76 valence electrons. The highest BCUT2D eigenvalue weighted by molar-refractivity contribution is 4.39. The second kappa shape index (κ2) is 10.8. The standard InChI is InChI=1S/2C4H12N2/c2*1-6(2)4-3-5/h2*3-5H2,1-2H3. The van der Waals surface area contributed by atoms with Crippen LogP contribution in [0.5, 0.6) is 0 Å². The van der Waals surface area contributed by atoms with E-state index in [0.717, 1.165) is 26.2 Å². The van der Waals surface area contributed by atoms with E-state index in [4.69, 9.17) is 11.5 Å². The lowest BCUT2D eigenvalue weighted by Gasteiger charge is -2.03. The van der Waals surface area contributed by atoms with Gasteiger partial charge in [0, 0.05) is 26.2 Å². The van der Waals surface area contributed by atoms with E-state index in [1.54, 1.807) is 0 Å². The predicted octanol–water partition coefficient (Wildman–Crippen LogP) is -0.987. The monoisotopic (exact) mass is 176 g/mol. The van der Waals surface area contributed by atoms with Crippen molar-refractivity contribution < 1.29 is 0 Å². The minimum atomic E-state index is 0.757. The summed E-state index contributed by atoms with van der Waals surface area (Å²) in [5.74, 6) is 0. The van der Waals surface area contributed by atoms with E-state index in [9.17, 15) is 0 Å². The molecule has 0 spiro atoms. The smallest absolute Gasteiger partial charge is 0.00985 e. The van der Waals surface area contributed by atoms with Crippen LogP contribution in [0.4, 0.5) is 0 Å². The van der Waals surface area contributed by atoms with Crippen molar-refractivity contribution in [3.05, 3.63) is 0 Å². The Morgan fingerprint density at radius 2 is 1.00 bits per heavy atom. The van der Waals surface area contributed by atoms with Gasteiger partial charge in [0.2, 0.25) is 0 Å². The van der Waals surface area contributed by atoms with Crippen molar-refractivity contribution in [2.24, 2.45) is 11.5 Å². The first-order valence-electron chi connectivity index (χ1n) is 4.24. The molecular weight excluding hydrogens is 152 g/mol. The second-order valence-corrected chi connectivity index (χ2v) is 3.18. The molecule has 12 heavy (non-hydrogen) atoms. The number of nitrogens with zero attached hydrogens (tertiary/aromatic N) is 2. The summed E-state index contributed by atoms with van der Waals surface area (Å²) >= 11 is 0. The third-order valence-corrected chi connectivity index (χ3v) is 1.15. The van der Waals surface area contributed by atoms with Gasteiger partial charge >= 0.3 is 0 Å². The molecule has 0 aliphatic heterocycles. The number of nitrogens with two attached hydrogens (primary N) is 2. The van der Waals surface area contributed by atoms with Gasteiger partial charge in [-0.15, -0.1) is 0 Å². The van der Waals surface area contributed by atoms with Gasteiger partial charge in [-0.3, -0.25) is 0 Å². The van der Waals surface area contributed by atoms with Crippen LogP contribution in [-0.4, -0.2) is 64.2 Å². The number of rotatable bonds is 4. The van der Waals surface area contributed by atoms with Crippen LogP contribution >= 0.6 is 0 Å². The zero-order chi connectivity index (χ0) is 9.98. The van der Waals surface area contributed by atoms with Gasteiger partial charge in [-0.25, -0.2) is 0 Å². The number of hydrogen-bond donors (Lipinski definition) is 2. The Balaban J connectivity index is 0. The molecule has 0 aliphatic rings. The molecule has 0 heterocycles. The van der Waals surface area contributed by atoms with E-state index in [1.807, 2.05) is 28.2 Å². The van der Waals surface area contributed by atoms with Crippen molar-refractivity contribution in [1.82, 2.24) is 9.80 Å². The third-order valence-electron chi connectivity index (χ3n) is 1.15. The van der Waals surface area contributed by atoms with Crippen LogP contribution in [0.2, 0.25) is 0 Å². The summed E-state index contributed by atoms with van der Waals surface area (Å²) in [5.41, 5.74) is 10.4. The molecule has 4 heteroatoms. The molecule has 4 N–H and O–H groups in total. The lowest BCUT2D eigenvalue weighted by molar-refractivity contribution is 0.420. The largest absolute Gasteiger partial charge is 0.329 e. The van der Waals surface area contributed by atoms with Crippen molar-refractivity contribution in [2.75, 3.05) is 54.4 Å². The Bertz CT molecular complexity index is 63.5. The SMILES string of the molecule is CN(C)CCN.CN(C)CCN. The Labute approximate surface area is 76.5 Å². The molecule has 0 fully saturated rings. The van der Waals surface area contributed by atoms with Crippen molar-refractivity contribution in [2.45, 2.75) is 0 Å². The van der Waals surface area contributed by atoms with Crippen LogP contribution in [0, 0.1) is 0 Å². The second-order valence-electron chi connectivity index (χ2n) is 3.18. The highest BCUT2D eigenvalue weighted by Crippen LogP contribution is 1.64. The summed E-state index contributed by atoms with van der Waals surface area (Å²) in [5, 5.41) is 0. The summed E-state index contributed by atoms with van der Waals surface area (Å²) in [6.07, 6.45) is 0. The fraction of sp³-hybridized carbons (Fsp3) is 1.00. The molecule has 0 saturated carbocycles. The van der Waals surface area contributed by atoms with Crippen LogP contribution in [0.1, 0.15) is 0 Å². The van der Waals surface area contributed by atoms with E-state index in [-0.39, 0.29) is 0 Å². The Morgan fingerprint density at radius 3 is 1.00 bits per heavy atom. The molecule has 0 unspecified atom stereocenters. The van der Waals surface area contributed by atoms with Gasteiger partial charge in [0.05, 0.1) is 0 Å². The van der Waals surface area contributed by atoms with Crippen LogP contribution in [-0.2, 0) is 0 Å². The van der Waals surface area contributed by atoms with E-state index in [2.05, 4.69) is 9.80 Å². The third kappa shape index (κ3) is 22.5. The van der Waals surface area contributed by atoms with Crippen LogP contribution < -0.4 is 11.5 Å². The van der Waals surface area contributed by atoms with E-state index in [0.29, 0.717) is 0 Å². The molecule has 0 atom stereocenters. The van der Waals surface area contributed by atoms with E-state index in [1.165, 1.54) is 0 Å². The maximum Gasteiger partial charge on any atom is 0.00985 e. The average Bonchev–Trinajstić information content (AvgIpc) is 1.87. The van der Waals surface area contributed by atoms with Crippen molar-refractivity contribution in [1.29, 1.82) is 0 Å². The summed E-state index contributed by atoms with van der Waals surface area (Å²) in [6.45, 7) is 3.49. The molecule has 0 aromatic rings. The highest BCUT2D eigenvalue weighted by Gasteiger charge is 1.80. The molecule has 0 amide bonds. The first-order chi connectivity index (χ1) is 5.54. The maximum absolute atomic E-state index is 5.19. The summed E-state index contributed by atoms with van der Waals surface area (Å²) in [7, 11) is 8.03. The number of likely N-dealkylation sites (N-methyl/N-ethyl adjacent to an activating group) is 2. The van der Waals surface area contributed by atoms with E-state index >= 15 is 0 Å². The minimum absolute atomic E-state index is 0.757. The van der Waals surface area contributed by atoms with Gasteiger partial charge in [-0.1, -0.05) is 0 Å². The molecule has 0 bridgehead atoms. The molecule has 0 aliphatic carbocycles. The van der Waals surface area contributed by atoms with Crippen LogP contribution in [0.15, 0.2) is 0 Å². The fourth-order valence-corrected chi connectivity index (χ4v) is 0.516. The summed E-state index contributed by atoms with van der Waals surface area (Å²) in [6, 6.07) is 0. The quantitative estimate of drug-likeness (QED) is 0.578. The van der Waals surface area contributed by atoms with Gasteiger partial charge in [0.1, 0.15) is 0 Å². The zero-order valence-electron chi connectivity index (χ0n) is 8.88. The lowest BCUT2D eigenvalue weighted by atomic mass is 10.6. The molecule has 0 rings (SSSR count). The van der Waals surface area contributed by atoms with Crippen LogP contribution in [0.3, 0.4) is 0 Å². The fourth-order valence-electron chi connectivity index (χ4n) is 0.516. The first-order valence-corrected chi connectivity index (χ1v) is 4.24. The van der Waals surface area contributed by atoms with Crippen molar-refractivity contribution in [3.63, 3.8) is 0 Å². The Morgan fingerprint density at radius 1 is 0.750 bits per heavy atom. The molecule has 0 aromatic heterocycles. The average molecular weight is 176 g/mol. The van der Waals surface area contributed by atoms with Crippen LogP contribution in [0.25, 0.3) is 0 Å². The predicted molar refractivity (Wildman–Crippen MR) is 55.2 cm³/mol. The van der Waals surface area contributed by atoms with Gasteiger partial charge in [-0.05, 0) is 28.2 Å². The lowest BCUT2D eigenvalue weighted by Crippen LogP contribution is -2.20. The Hall–Kier alpha value is -0.160. The van der Waals surface area contributed by atoms with Gasteiger partial charge in [0.15, 0.2) is 0 Å². The minimum Gasteiger partial charge on any atom is -0.329 e. The molecule has 0 aromatic carbocycles.